The van der Waals surface area contributed by atoms with Crippen molar-refractivity contribution >= 4 is 29.1 Å². The Bertz CT molecular complexity index is 815. The number of anilines is 3. The number of urea groups is 1. The number of hydrogen-bond donors (Lipinski definition) is 2. The molecular weight excluding hydrogens is 356 g/mol. The van der Waals surface area contributed by atoms with Gasteiger partial charge >= 0.3 is 12.0 Å². The Balaban J connectivity index is 1.60. The van der Waals surface area contributed by atoms with Crippen molar-refractivity contribution in [3.63, 3.8) is 0 Å². The van der Waals surface area contributed by atoms with E-state index in [1.165, 1.54) is 0 Å². The van der Waals surface area contributed by atoms with Gasteiger partial charge in [-0.05, 0) is 50.4 Å². The molecule has 1 aliphatic heterocycles. The third-order valence-electron chi connectivity index (χ3n) is 4.66. The van der Waals surface area contributed by atoms with Gasteiger partial charge in [0.15, 0.2) is 0 Å². The van der Waals surface area contributed by atoms with Crippen LogP contribution >= 0.6 is 0 Å². The number of esters is 1. The molecule has 2 aromatic rings. The molecule has 0 unspecified atom stereocenters. The van der Waals surface area contributed by atoms with Gasteiger partial charge in [0.05, 0.1) is 17.9 Å². The smallest absolute Gasteiger partial charge is 0.340 e. The van der Waals surface area contributed by atoms with E-state index in [0.717, 1.165) is 31.9 Å². The van der Waals surface area contributed by atoms with Crippen molar-refractivity contribution in [1.82, 2.24) is 4.90 Å². The van der Waals surface area contributed by atoms with Crippen LogP contribution in [0.2, 0.25) is 0 Å². The molecule has 1 heterocycles. The zero-order valence-corrected chi connectivity index (χ0v) is 16.3. The van der Waals surface area contributed by atoms with Crippen LogP contribution in [-0.4, -0.2) is 56.7 Å². The topological polar surface area (TPSA) is 73.9 Å². The normalized spacial score (nSPS) is 14.4. The number of hydrogen-bond acceptors (Lipinski definition) is 5. The first-order chi connectivity index (χ1) is 13.6. The van der Waals surface area contributed by atoms with Crippen molar-refractivity contribution < 1.29 is 14.3 Å². The highest BCUT2D eigenvalue weighted by molar-refractivity contribution is 6.05. The second-order valence-corrected chi connectivity index (χ2v) is 6.68. The number of benzene rings is 2. The average molecular weight is 382 g/mol. The molecular formula is C21H26N4O3. The number of piperazine rings is 1. The minimum atomic E-state index is -0.463. The maximum Gasteiger partial charge on any atom is 0.340 e. The summed E-state index contributed by atoms with van der Waals surface area (Å²) in [7, 11) is 2.13. The lowest BCUT2D eigenvalue weighted by Gasteiger charge is -2.34. The summed E-state index contributed by atoms with van der Waals surface area (Å²) in [6.45, 7) is 6.10. The summed E-state index contributed by atoms with van der Waals surface area (Å²) >= 11 is 0. The molecule has 0 saturated carbocycles. The number of carbonyl (C=O) groups is 2. The number of likely N-dealkylation sites (N-methyl/N-ethyl adjacent to an activating group) is 1. The predicted octanol–water partition coefficient (Wildman–Crippen LogP) is 3.26. The van der Waals surface area contributed by atoms with Crippen LogP contribution in [0.3, 0.4) is 0 Å². The zero-order chi connectivity index (χ0) is 19.9. The molecule has 1 fully saturated rings. The molecule has 28 heavy (non-hydrogen) atoms. The molecule has 148 valence electrons. The summed E-state index contributed by atoms with van der Waals surface area (Å²) in [5.41, 5.74) is 2.56. The molecule has 0 radical (unpaired) electrons. The lowest BCUT2D eigenvalue weighted by Crippen LogP contribution is -2.44. The number of amides is 2. The van der Waals surface area contributed by atoms with Crippen LogP contribution in [0.15, 0.2) is 48.5 Å². The maximum atomic E-state index is 12.3. The van der Waals surface area contributed by atoms with Gasteiger partial charge in [-0.15, -0.1) is 0 Å². The van der Waals surface area contributed by atoms with Crippen LogP contribution in [0.5, 0.6) is 0 Å². The molecule has 0 aliphatic carbocycles. The fraction of sp³-hybridized carbons (Fsp3) is 0.333. The van der Waals surface area contributed by atoms with E-state index in [9.17, 15) is 9.59 Å². The van der Waals surface area contributed by atoms with Crippen molar-refractivity contribution in [3.05, 3.63) is 54.1 Å². The van der Waals surface area contributed by atoms with E-state index in [1.54, 1.807) is 31.2 Å². The highest BCUT2D eigenvalue weighted by Gasteiger charge is 2.15. The number of rotatable bonds is 5. The summed E-state index contributed by atoms with van der Waals surface area (Å²) in [4.78, 5) is 29.0. The van der Waals surface area contributed by atoms with Gasteiger partial charge in [-0.3, -0.25) is 0 Å². The highest BCUT2D eigenvalue weighted by atomic mass is 16.5. The van der Waals surface area contributed by atoms with Crippen LogP contribution in [0.1, 0.15) is 17.3 Å². The summed E-state index contributed by atoms with van der Waals surface area (Å²) in [6, 6.07) is 14.1. The number of para-hydroxylation sites is 1. The van der Waals surface area contributed by atoms with Gasteiger partial charge in [-0.25, -0.2) is 9.59 Å². The SMILES string of the molecule is CCOC(=O)c1ccccc1NC(=O)Nc1ccc(N2CCN(C)CC2)cc1. The second-order valence-electron chi connectivity index (χ2n) is 6.68. The van der Waals surface area contributed by atoms with Gasteiger partial charge in [-0.2, -0.15) is 0 Å². The Morgan fingerprint density at radius 2 is 1.64 bits per heavy atom. The van der Waals surface area contributed by atoms with Gasteiger partial charge in [0.25, 0.3) is 0 Å². The summed E-state index contributed by atoms with van der Waals surface area (Å²) in [6.07, 6.45) is 0. The average Bonchev–Trinajstić information content (AvgIpc) is 2.70. The van der Waals surface area contributed by atoms with Gasteiger partial charge in [-0.1, -0.05) is 12.1 Å². The number of carbonyl (C=O) groups excluding carboxylic acids is 2. The van der Waals surface area contributed by atoms with E-state index in [2.05, 4.69) is 27.5 Å². The molecule has 7 nitrogen and oxygen atoms in total. The first kappa shape index (κ1) is 19.7. The fourth-order valence-corrected chi connectivity index (χ4v) is 3.08. The summed E-state index contributed by atoms with van der Waals surface area (Å²) in [5, 5.41) is 5.51. The van der Waals surface area contributed by atoms with Gasteiger partial charge in [0.1, 0.15) is 0 Å². The number of nitrogens with zero attached hydrogens (tertiary/aromatic N) is 2. The molecule has 7 heteroatoms. The van der Waals surface area contributed by atoms with E-state index in [1.807, 2.05) is 24.3 Å². The molecule has 0 spiro atoms. The van der Waals surface area contributed by atoms with Gasteiger partial charge in [0.2, 0.25) is 0 Å². The first-order valence-electron chi connectivity index (χ1n) is 9.44. The van der Waals surface area contributed by atoms with E-state index >= 15 is 0 Å². The van der Waals surface area contributed by atoms with Crippen molar-refractivity contribution in [2.24, 2.45) is 0 Å². The van der Waals surface area contributed by atoms with Crippen LogP contribution in [0, 0.1) is 0 Å². The standard InChI is InChI=1S/C21H26N4O3/c1-3-28-20(26)18-6-4-5-7-19(18)23-21(27)22-16-8-10-17(11-9-16)25-14-12-24(2)13-15-25/h4-11H,3,12-15H2,1-2H3,(H2,22,23,27). The number of ether oxygens (including phenoxy) is 1. The first-order valence-corrected chi connectivity index (χ1v) is 9.44. The Labute approximate surface area is 165 Å². The Kier molecular flexibility index (Phi) is 6.49. The minimum Gasteiger partial charge on any atom is -0.462 e. The van der Waals surface area contributed by atoms with Crippen LogP contribution in [-0.2, 0) is 4.74 Å². The molecule has 0 aromatic heterocycles. The lowest BCUT2D eigenvalue weighted by molar-refractivity contribution is 0.0527. The third-order valence-corrected chi connectivity index (χ3v) is 4.66. The van der Waals surface area contributed by atoms with E-state index < -0.39 is 12.0 Å². The minimum absolute atomic E-state index is 0.277. The van der Waals surface area contributed by atoms with Crippen molar-refractivity contribution in [2.75, 3.05) is 55.4 Å². The van der Waals surface area contributed by atoms with Gasteiger partial charge in [0, 0.05) is 37.6 Å². The molecule has 2 aromatic carbocycles. The van der Waals surface area contributed by atoms with Crippen LogP contribution in [0.4, 0.5) is 21.9 Å². The summed E-state index contributed by atoms with van der Waals surface area (Å²) in [5.74, 6) is -0.463. The van der Waals surface area contributed by atoms with E-state index in [0.29, 0.717) is 16.9 Å². The second kappa shape index (κ2) is 9.23. The van der Waals surface area contributed by atoms with Crippen molar-refractivity contribution in [1.29, 1.82) is 0 Å². The fourth-order valence-electron chi connectivity index (χ4n) is 3.08. The number of nitrogens with one attached hydrogen (secondary N) is 2. The monoisotopic (exact) mass is 382 g/mol. The van der Waals surface area contributed by atoms with Crippen molar-refractivity contribution in [2.45, 2.75) is 6.92 Å². The third kappa shape index (κ3) is 5.01. The van der Waals surface area contributed by atoms with Gasteiger partial charge < -0.3 is 25.2 Å². The van der Waals surface area contributed by atoms with Crippen LogP contribution < -0.4 is 15.5 Å². The van der Waals surface area contributed by atoms with E-state index in [-0.39, 0.29) is 6.61 Å². The molecule has 0 bridgehead atoms. The molecule has 2 N–H and O–H groups in total. The lowest BCUT2D eigenvalue weighted by atomic mass is 10.2. The highest BCUT2D eigenvalue weighted by Crippen LogP contribution is 2.20. The molecule has 0 atom stereocenters. The quantitative estimate of drug-likeness (QED) is 0.777. The maximum absolute atomic E-state index is 12.3. The van der Waals surface area contributed by atoms with E-state index in [4.69, 9.17) is 4.74 Å². The molecule has 3 rings (SSSR count). The Hall–Kier alpha value is -3.06. The molecule has 2 amide bonds. The molecule has 1 saturated heterocycles. The Morgan fingerprint density at radius 1 is 0.964 bits per heavy atom. The zero-order valence-electron chi connectivity index (χ0n) is 16.3. The predicted molar refractivity (Wildman–Crippen MR) is 111 cm³/mol. The van der Waals surface area contributed by atoms with Crippen molar-refractivity contribution in [3.8, 4) is 0 Å². The largest absolute Gasteiger partial charge is 0.462 e. The molecule has 1 aliphatic rings. The summed E-state index contributed by atoms with van der Waals surface area (Å²) < 4.78 is 5.03. The van der Waals surface area contributed by atoms with Crippen LogP contribution in [0.25, 0.3) is 0 Å². The Morgan fingerprint density at radius 3 is 2.32 bits per heavy atom.